The Morgan fingerprint density at radius 1 is 1.33 bits per heavy atom. The van der Waals surface area contributed by atoms with Crippen molar-refractivity contribution in [2.45, 2.75) is 6.54 Å². The number of hydrogen-bond donors (Lipinski definition) is 1. The normalized spacial score (nSPS) is 10.5. The van der Waals surface area contributed by atoms with Crippen molar-refractivity contribution in [2.75, 3.05) is 7.05 Å². The molecular weight excluding hydrogens is 210 g/mol. The summed E-state index contributed by atoms with van der Waals surface area (Å²) in [5.41, 5.74) is 2.22. The second kappa shape index (κ2) is 4.51. The van der Waals surface area contributed by atoms with E-state index in [1.54, 1.807) is 6.26 Å². The summed E-state index contributed by atoms with van der Waals surface area (Å²) in [7, 11) is 1.91. The van der Waals surface area contributed by atoms with Crippen LogP contribution in [-0.4, -0.2) is 7.05 Å². The molecule has 0 spiro atoms. The minimum absolute atomic E-state index is 0.746. The van der Waals surface area contributed by atoms with E-state index < -0.39 is 0 Å². The monoisotopic (exact) mass is 221 g/mol. The first-order chi connectivity index (χ1) is 7.31. The van der Waals surface area contributed by atoms with Crippen molar-refractivity contribution in [1.29, 1.82) is 0 Å². The molecule has 1 aromatic heterocycles. The average Bonchev–Trinajstić information content (AvgIpc) is 2.71. The van der Waals surface area contributed by atoms with Crippen molar-refractivity contribution < 1.29 is 4.42 Å². The fraction of sp³-hybridized carbons (Fsp3) is 0.167. The van der Waals surface area contributed by atoms with Gasteiger partial charge in [0.15, 0.2) is 0 Å². The van der Waals surface area contributed by atoms with E-state index in [1.807, 2.05) is 37.4 Å². The fourth-order valence-corrected chi connectivity index (χ4v) is 1.77. The SMILES string of the molecule is CNCc1cc(Cl)ccc1-c1ccco1. The van der Waals surface area contributed by atoms with Crippen LogP contribution in [0.4, 0.5) is 0 Å². The maximum Gasteiger partial charge on any atom is 0.134 e. The molecule has 0 saturated heterocycles. The summed E-state index contributed by atoms with van der Waals surface area (Å²) >= 11 is 5.96. The van der Waals surface area contributed by atoms with Crippen LogP contribution in [0.25, 0.3) is 11.3 Å². The fourth-order valence-electron chi connectivity index (χ4n) is 1.57. The summed E-state index contributed by atoms with van der Waals surface area (Å²) in [6.07, 6.45) is 1.67. The zero-order valence-electron chi connectivity index (χ0n) is 8.46. The molecule has 1 N–H and O–H groups in total. The molecule has 0 atom stereocenters. The van der Waals surface area contributed by atoms with Crippen molar-refractivity contribution in [1.82, 2.24) is 5.32 Å². The van der Waals surface area contributed by atoms with Crippen LogP contribution in [0.1, 0.15) is 5.56 Å². The van der Waals surface area contributed by atoms with Gasteiger partial charge in [-0.25, -0.2) is 0 Å². The van der Waals surface area contributed by atoms with E-state index in [1.165, 1.54) is 0 Å². The summed E-state index contributed by atoms with van der Waals surface area (Å²) in [6, 6.07) is 9.64. The van der Waals surface area contributed by atoms with Crippen LogP contribution in [0.5, 0.6) is 0 Å². The maximum atomic E-state index is 5.96. The number of furan rings is 1. The molecule has 1 aromatic carbocycles. The molecule has 2 rings (SSSR count). The van der Waals surface area contributed by atoms with Gasteiger partial charge in [-0.1, -0.05) is 11.6 Å². The predicted molar refractivity (Wildman–Crippen MR) is 61.9 cm³/mol. The van der Waals surface area contributed by atoms with Crippen LogP contribution >= 0.6 is 11.6 Å². The lowest BCUT2D eigenvalue weighted by Crippen LogP contribution is -2.06. The maximum absolute atomic E-state index is 5.96. The summed E-state index contributed by atoms with van der Waals surface area (Å²) in [5.74, 6) is 0.872. The van der Waals surface area contributed by atoms with Gasteiger partial charge in [-0.2, -0.15) is 0 Å². The van der Waals surface area contributed by atoms with Gasteiger partial charge >= 0.3 is 0 Å². The molecule has 0 unspecified atom stereocenters. The van der Waals surface area contributed by atoms with Crippen LogP contribution in [0, 0.1) is 0 Å². The largest absolute Gasteiger partial charge is 0.464 e. The average molecular weight is 222 g/mol. The van der Waals surface area contributed by atoms with E-state index in [-0.39, 0.29) is 0 Å². The predicted octanol–water partition coefficient (Wildman–Crippen LogP) is 3.32. The Labute approximate surface area is 93.9 Å². The van der Waals surface area contributed by atoms with E-state index in [2.05, 4.69) is 5.32 Å². The lowest BCUT2D eigenvalue weighted by Gasteiger charge is -2.07. The van der Waals surface area contributed by atoms with Gasteiger partial charge in [0.25, 0.3) is 0 Å². The van der Waals surface area contributed by atoms with Crippen molar-refractivity contribution in [3.8, 4) is 11.3 Å². The molecule has 0 aliphatic heterocycles. The molecular formula is C12H12ClNO. The van der Waals surface area contributed by atoms with Crippen LogP contribution < -0.4 is 5.32 Å². The summed E-state index contributed by atoms with van der Waals surface area (Å²) in [6.45, 7) is 0.774. The van der Waals surface area contributed by atoms with Gasteiger partial charge < -0.3 is 9.73 Å². The van der Waals surface area contributed by atoms with Gasteiger partial charge in [-0.05, 0) is 42.9 Å². The summed E-state index contributed by atoms with van der Waals surface area (Å²) < 4.78 is 5.38. The van der Waals surface area contributed by atoms with E-state index in [9.17, 15) is 0 Å². The molecule has 0 fully saturated rings. The molecule has 0 radical (unpaired) electrons. The Balaban J connectivity index is 2.46. The second-order valence-electron chi connectivity index (χ2n) is 3.31. The first-order valence-electron chi connectivity index (χ1n) is 4.78. The van der Waals surface area contributed by atoms with Gasteiger partial charge in [0.05, 0.1) is 6.26 Å². The molecule has 0 aliphatic carbocycles. The molecule has 78 valence electrons. The zero-order chi connectivity index (χ0) is 10.7. The molecule has 0 amide bonds. The van der Waals surface area contributed by atoms with Crippen LogP contribution in [0.2, 0.25) is 5.02 Å². The molecule has 2 aromatic rings. The number of nitrogens with one attached hydrogen (secondary N) is 1. The highest BCUT2D eigenvalue weighted by molar-refractivity contribution is 6.30. The first kappa shape index (κ1) is 10.3. The molecule has 0 bridgehead atoms. The minimum atomic E-state index is 0.746. The van der Waals surface area contributed by atoms with Crippen LogP contribution in [0.3, 0.4) is 0 Å². The van der Waals surface area contributed by atoms with E-state index >= 15 is 0 Å². The summed E-state index contributed by atoms with van der Waals surface area (Å²) in [5, 5.41) is 3.86. The van der Waals surface area contributed by atoms with Crippen molar-refractivity contribution >= 4 is 11.6 Å². The van der Waals surface area contributed by atoms with Gasteiger partial charge in [0, 0.05) is 17.1 Å². The zero-order valence-corrected chi connectivity index (χ0v) is 9.21. The number of halogens is 1. The molecule has 0 aliphatic rings. The molecule has 15 heavy (non-hydrogen) atoms. The topological polar surface area (TPSA) is 25.2 Å². The van der Waals surface area contributed by atoms with E-state index in [0.29, 0.717) is 0 Å². The first-order valence-corrected chi connectivity index (χ1v) is 5.16. The Bertz CT molecular complexity index is 437. The molecule has 0 saturated carbocycles. The number of benzene rings is 1. The van der Waals surface area contributed by atoms with Crippen molar-refractivity contribution in [3.63, 3.8) is 0 Å². The molecule has 2 nitrogen and oxygen atoms in total. The highest BCUT2D eigenvalue weighted by Gasteiger charge is 2.07. The van der Waals surface area contributed by atoms with Gasteiger partial charge in [-0.15, -0.1) is 0 Å². The van der Waals surface area contributed by atoms with Crippen molar-refractivity contribution in [3.05, 3.63) is 47.2 Å². The lowest BCUT2D eigenvalue weighted by molar-refractivity contribution is 0.581. The second-order valence-corrected chi connectivity index (χ2v) is 3.75. The third-order valence-corrected chi connectivity index (χ3v) is 2.46. The summed E-state index contributed by atoms with van der Waals surface area (Å²) in [4.78, 5) is 0. The van der Waals surface area contributed by atoms with Crippen LogP contribution in [-0.2, 0) is 6.54 Å². The quantitative estimate of drug-likeness (QED) is 0.860. The van der Waals surface area contributed by atoms with E-state index in [0.717, 1.165) is 28.5 Å². The van der Waals surface area contributed by atoms with Gasteiger partial charge in [0.1, 0.15) is 5.76 Å². The molecule has 3 heteroatoms. The lowest BCUT2D eigenvalue weighted by atomic mass is 10.1. The Morgan fingerprint density at radius 3 is 2.87 bits per heavy atom. The third kappa shape index (κ3) is 2.22. The minimum Gasteiger partial charge on any atom is -0.464 e. The standard InChI is InChI=1S/C12H12ClNO/c1-14-8-9-7-10(13)4-5-11(9)12-3-2-6-15-12/h2-7,14H,8H2,1H3. The van der Waals surface area contributed by atoms with Gasteiger partial charge in [-0.3, -0.25) is 0 Å². The Morgan fingerprint density at radius 2 is 2.20 bits per heavy atom. The smallest absolute Gasteiger partial charge is 0.134 e. The van der Waals surface area contributed by atoms with Gasteiger partial charge in [0.2, 0.25) is 0 Å². The number of hydrogen-bond acceptors (Lipinski definition) is 2. The molecule has 1 heterocycles. The third-order valence-electron chi connectivity index (χ3n) is 2.22. The van der Waals surface area contributed by atoms with E-state index in [4.69, 9.17) is 16.0 Å². The van der Waals surface area contributed by atoms with Crippen LogP contribution in [0.15, 0.2) is 41.0 Å². The van der Waals surface area contributed by atoms with Crippen molar-refractivity contribution in [2.24, 2.45) is 0 Å². The highest BCUT2D eigenvalue weighted by atomic mass is 35.5. The Hall–Kier alpha value is -1.25. The number of rotatable bonds is 3. The Kier molecular flexibility index (Phi) is 3.09. The highest BCUT2D eigenvalue weighted by Crippen LogP contribution is 2.26.